The molecule has 1 aliphatic carbocycles. The molecule has 16 heavy (non-hydrogen) atoms. The van der Waals surface area contributed by atoms with Crippen molar-refractivity contribution < 1.29 is 9.90 Å². The van der Waals surface area contributed by atoms with Crippen LogP contribution in [0.4, 0.5) is 0 Å². The van der Waals surface area contributed by atoms with E-state index < -0.39 is 0 Å². The quantitative estimate of drug-likeness (QED) is 0.811. The predicted molar refractivity (Wildman–Crippen MR) is 63.1 cm³/mol. The third-order valence-electron chi connectivity index (χ3n) is 2.79. The molecule has 0 fully saturated rings. The number of hydrogen-bond donors (Lipinski definition) is 2. The predicted octanol–water partition coefficient (Wildman–Crippen LogP) is 1.86. The Morgan fingerprint density at radius 3 is 3.06 bits per heavy atom. The number of hydrogen-bond acceptors (Lipinski definition) is 2. The zero-order chi connectivity index (χ0) is 11.5. The van der Waals surface area contributed by atoms with Crippen molar-refractivity contribution >= 4 is 11.5 Å². The Hall–Kier alpha value is -1.77. The zero-order valence-corrected chi connectivity index (χ0v) is 9.29. The molecule has 0 aromatic heterocycles. The summed E-state index contributed by atoms with van der Waals surface area (Å²) < 4.78 is 0. The van der Waals surface area contributed by atoms with Crippen LogP contribution in [0.3, 0.4) is 0 Å². The summed E-state index contributed by atoms with van der Waals surface area (Å²) in [6, 6.07) is 5.59. The molecular weight excluding hydrogens is 202 g/mol. The first-order valence-electron chi connectivity index (χ1n) is 5.43. The van der Waals surface area contributed by atoms with Gasteiger partial charge in [0.15, 0.2) is 0 Å². The van der Waals surface area contributed by atoms with Crippen LogP contribution >= 0.6 is 0 Å². The van der Waals surface area contributed by atoms with E-state index >= 15 is 0 Å². The number of rotatable bonds is 3. The minimum Gasteiger partial charge on any atom is -0.507 e. The maximum absolute atomic E-state index is 10.8. The van der Waals surface area contributed by atoms with Gasteiger partial charge >= 0.3 is 0 Å². The first-order valence-corrected chi connectivity index (χ1v) is 5.43. The number of benzene rings is 1. The van der Waals surface area contributed by atoms with Crippen LogP contribution in [-0.4, -0.2) is 17.6 Å². The molecule has 1 aliphatic rings. The highest BCUT2D eigenvalue weighted by Gasteiger charge is 2.16. The van der Waals surface area contributed by atoms with E-state index in [0.29, 0.717) is 12.3 Å². The lowest BCUT2D eigenvalue weighted by atomic mass is 10.0. The van der Waals surface area contributed by atoms with Crippen LogP contribution < -0.4 is 5.32 Å². The summed E-state index contributed by atoms with van der Waals surface area (Å²) in [4.78, 5) is 10.8. The number of fused-ring (bicyclic) bond motifs is 1. The molecular formula is C13H15NO2. The second-order valence-corrected chi connectivity index (χ2v) is 3.98. The second kappa shape index (κ2) is 4.39. The molecule has 1 aromatic rings. The summed E-state index contributed by atoms with van der Waals surface area (Å²) >= 11 is 0. The monoisotopic (exact) mass is 217 g/mol. The van der Waals surface area contributed by atoms with Crippen molar-refractivity contribution in [3.63, 3.8) is 0 Å². The van der Waals surface area contributed by atoms with Gasteiger partial charge in [-0.05, 0) is 30.0 Å². The first kappa shape index (κ1) is 10.7. The van der Waals surface area contributed by atoms with Gasteiger partial charge in [0, 0.05) is 19.0 Å². The molecule has 0 saturated heterocycles. The van der Waals surface area contributed by atoms with E-state index in [4.69, 9.17) is 0 Å². The average Bonchev–Trinajstić information content (AvgIpc) is 2.62. The standard InChI is InChI=1S/C13H15NO2/c1-9(15)14-8-7-11-6-5-10-3-2-4-12(16)13(10)11/h2-4,6,16H,5,7-8H2,1H3,(H,14,15). The molecule has 3 heteroatoms. The highest BCUT2D eigenvalue weighted by molar-refractivity contribution is 5.78. The number of allylic oxidation sites excluding steroid dienone is 1. The van der Waals surface area contributed by atoms with Gasteiger partial charge in [-0.1, -0.05) is 18.2 Å². The molecule has 1 amide bonds. The number of nitrogens with one attached hydrogen (secondary N) is 1. The van der Waals surface area contributed by atoms with Crippen molar-refractivity contribution in [2.75, 3.05) is 6.54 Å². The fourth-order valence-corrected chi connectivity index (χ4v) is 2.06. The van der Waals surface area contributed by atoms with Gasteiger partial charge in [-0.2, -0.15) is 0 Å². The van der Waals surface area contributed by atoms with Gasteiger partial charge in [-0.15, -0.1) is 0 Å². The van der Waals surface area contributed by atoms with Gasteiger partial charge in [0.1, 0.15) is 5.75 Å². The molecule has 2 N–H and O–H groups in total. The normalized spacial score (nSPS) is 13.2. The van der Waals surface area contributed by atoms with Crippen LogP contribution in [0.25, 0.3) is 5.57 Å². The van der Waals surface area contributed by atoms with Crippen molar-refractivity contribution in [1.29, 1.82) is 0 Å². The Kier molecular flexibility index (Phi) is 2.95. The van der Waals surface area contributed by atoms with Gasteiger partial charge in [-0.3, -0.25) is 4.79 Å². The molecule has 0 saturated carbocycles. The summed E-state index contributed by atoms with van der Waals surface area (Å²) in [6.07, 6.45) is 3.76. The molecule has 0 aliphatic heterocycles. The maximum Gasteiger partial charge on any atom is 0.216 e. The van der Waals surface area contributed by atoms with E-state index in [-0.39, 0.29) is 5.91 Å². The first-order chi connectivity index (χ1) is 7.68. The Morgan fingerprint density at radius 1 is 1.50 bits per heavy atom. The highest BCUT2D eigenvalue weighted by atomic mass is 16.3. The van der Waals surface area contributed by atoms with E-state index in [0.717, 1.165) is 29.5 Å². The average molecular weight is 217 g/mol. The smallest absolute Gasteiger partial charge is 0.216 e. The van der Waals surface area contributed by atoms with Crippen LogP contribution in [0.2, 0.25) is 0 Å². The van der Waals surface area contributed by atoms with Crippen molar-refractivity contribution in [3.05, 3.63) is 35.4 Å². The van der Waals surface area contributed by atoms with Crippen molar-refractivity contribution in [2.24, 2.45) is 0 Å². The second-order valence-electron chi connectivity index (χ2n) is 3.98. The Bertz CT molecular complexity index is 449. The van der Waals surface area contributed by atoms with Crippen molar-refractivity contribution in [2.45, 2.75) is 19.8 Å². The summed E-state index contributed by atoms with van der Waals surface area (Å²) in [5.74, 6) is 0.320. The summed E-state index contributed by atoms with van der Waals surface area (Å²) in [6.45, 7) is 2.13. The van der Waals surface area contributed by atoms with Crippen LogP contribution in [0.15, 0.2) is 24.3 Å². The molecule has 0 bridgehead atoms. The van der Waals surface area contributed by atoms with Crippen LogP contribution in [0.5, 0.6) is 5.75 Å². The molecule has 1 aromatic carbocycles. The Balaban J connectivity index is 2.08. The lowest BCUT2D eigenvalue weighted by Crippen LogP contribution is -2.20. The summed E-state index contributed by atoms with van der Waals surface area (Å²) in [5.41, 5.74) is 3.24. The minimum atomic E-state index is -0.0175. The van der Waals surface area contributed by atoms with E-state index in [9.17, 15) is 9.90 Å². The molecule has 84 valence electrons. The third-order valence-corrected chi connectivity index (χ3v) is 2.79. The highest BCUT2D eigenvalue weighted by Crippen LogP contribution is 2.35. The number of phenolic OH excluding ortho intramolecular Hbond substituents is 1. The van der Waals surface area contributed by atoms with Gasteiger partial charge in [0.2, 0.25) is 5.91 Å². The van der Waals surface area contributed by atoms with Crippen LogP contribution in [0, 0.1) is 0 Å². The van der Waals surface area contributed by atoms with E-state index in [2.05, 4.69) is 11.4 Å². The van der Waals surface area contributed by atoms with E-state index in [1.165, 1.54) is 6.92 Å². The van der Waals surface area contributed by atoms with Gasteiger partial charge in [-0.25, -0.2) is 0 Å². The lowest BCUT2D eigenvalue weighted by molar-refractivity contribution is -0.118. The molecule has 0 spiro atoms. The largest absolute Gasteiger partial charge is 0.507 e. The van der Waals surface area contributed by atoms with E-state index in [1.54, 1.807) is 6.07 Å². The van der Waals surface area contributed by atoms with Crippen LogP contribution in [-0.2, 0) is 11.2 Å². The van der Waals surface area contributed by atoms with Crippen LogP contribution in [0.1, 0.15) is 24.5 Å². The molecule has 0 atom stereocenters. The number of amides is 1. The lowest BCUT2D eigenvalue weighted by Gasteiger charge is -2.08. The van der Waals surface area contributed by atoms with E-state index in [1.807, 2.05) is 12.1 Å². The van der Waals surface area contributed by atoms with Gasteiger partial charge in [0.05, 0.1) is 0 Å². The Labute approximate surface area is 94.8 Å². The summed E-state index contributed by atoms with van der Waals surface area (Å²) in [7, 11) is 0. The molecule has 2 rings (SSSR count). The minimum absolute atomic E-state index is 0.0175. The number of carbonyl (C=O) groups excluding carboxylic acids is 1. The number of phenols is 1. The molecule has 3 nitrogen and oxygen atoms in total. The van der Waals surface area contributed by atoms with Gasteiger partial charge < -0.3 is 10.4 Å². The maximum atomic E-state index is 10.8. The zero-order valence-electron chi connectivity index (χ0n) is 9.29. The van der Waals surface area contributed by atoms with Crippen molar-refractivity contribution in [3.8, 4) is 5.75 Å². The van der Waals surface area contributed by atoms with Crippen molar-refractivity contribution in [1.82, 2.24) is 5.32 Å². The SMILES string of the molecule is CC(=O)NCCC1=CCc2cccc(O)c21. The molecule has 0 unspecified atom stereocenters. The number of carbonyl (C=O) groups is 1. The topological polar surface area (TPSA) is 49.3 Å². The van der Waals surface area contributed by atoms with Gasteiger partial charge in [0.25, 0.3) is 0 Å². The molecule has 0 radical (unpaired) electrons. The Morgan fingerprint density at radius 2 is 2.31 bits per heavy atom. The fourth-order valence-electron chi connectivity index (χ4n) is 2.06. The molecule has 0 heterocycles. The summed E-state index contributed by atoms with van der Waals surface area (Å²) in [5, 5.41) is 12.5. The number of aromatic hydroxyl groups is 1. The third kappa shape index (κ3) is 2.08. The fraction of sp³-hybridized carbons (Fsp3) is 0.308.